The molecule has 3 aliphatic rings. The first-order valence-electron chi connectivity index (χ1n) is 24.9. The summed E-state index contributed by atoms with van der Waals surface area (Å²) in [6.07, 6.45) is 5.64. The van der Waals surface area contributed by atoms with Crippen LogP contribution in [0.5, 0.6) is 0 Å². The van der Waals surface area contributed by atoms with E-state index in [0.717, 1.165) is 34.8 Å². The number of anilines is 3. The van der Waals surface area contributed by atoms with E-state index in [4.69, 9.17) is 0 Å². The summed E-state index contributed by atoms with van der Waals surface area (Å²) in [4.78, 5) is 2.46. The molecule has 0 N–H and O–H groups in total. The van der Waals surface area contributed by atoms with Gasteiger partial charge < -0.3 is 4.90 Å². The topological polar surface area (TPSA) is 3.24 Å². The van der Waals surface area contributed by atoms with E-state index < -0.39 is 5.41 Å². The van der Waals surface area contributed by atoms with Gasteiger partial charge in [0.2, 0.25) is 0 Å². The van der Waals surface area contributed by atoms with Gasteiger partial charge in [-0.1, -0.05) is 225 Å². The van der Waals surface area contributed by atoms with Gasteiger partial charge in [-0.25, -0.2) is 0 Å². The first-order chi connectivity index (χ1) is 34.2. The molecular formula is C68H53N. The Labute approximate surface area is 407 Å². The smallest absolute Gasteiger partial charge is 0.0714 e. The van der Waals surface area contributed by atoms with Crippen LogP contribution < -0.4 is 4.90 Å². The molecule has 69 heavy (non-hydrogen) atoms. The van der Waals surface area contributed by atoms with Gasteiger partial charge in [-0.3, -0.25) is 0 Å². The van der Waals surface area contributed by atoms with Gasteiger partial charge in [-0.15, -0.1) is 0 Å². The molecule has 2 fully saturated rings. The molecule has 13 rings (SSSR count). The summed E-state index contributed by atoms with van der Waals surface area (Å²) in [5, 5.41) is 0. The van der Waals surface area contributed by atoms with E-state index in [9.17, 15) is 0 Å². The third-order valence-electron chi connectivity index (χ3n) is 15.9. The van der Waals surface area contributed by atoms with Crippen molar-refractivity contribution in [1.82, 2.24) is 0 Å². The fourth-order valence-electron chi connectivity index (χ4n) is 12.7. The van der Waals surface area contributed by atoms with Gasteiger partial charge in [-0.2, -0.15) is 0 Å². The van der Waals surface area contributed by atoms with Gasteiger partial charge >= 0.3 is 0 Å². The zero-order valence-corrected chi connectivity index (χ0v) is 38.8. The van der Waals surface area contributed by atoms with E-state index in [1.165, 1.54) is 109 Å². The van der Waals surface area contributed by atoms with Gasteiger partial charge in [0.25, 0.3) is 0 Å². The first-order valence-corrected chi connectivity index (χ1v) is 24.9. The molecule has 0 aromatic heterocycles. The first kappa shape index (κ1) is 41.2. The van der Waals surface area contributed by atoms with Crippen LogP contribution in [0.3, 0.4) is 0 Å². The highest BCUT2D eigenvalue weighted by atomic mass is 15.1. The molecule has 2 saturated carbocycles. The number of fused-ring (bicyclic) bond motifs is 5. The maximum absolute atomic E-state index is 2.49. The van der Waals surface area contributed by atoms with Crippen LogP contribution in [0.25, 0.3) is 55.6 Å². The quantitative estimate of drug-likeness (QED) is 0.132. The van der Waals surface area contributed by atoms with E-state index in [-0.39, 0.29) is 0 Å². The molecule has 0 radical (unpaired) electrons. The lowest BCUT2D eigenvalue weighted by molar-refractivity contribution is 0.420. The van der Waals surface area contributed by atoms with Crippen molar-refractivity contribution in [1.29, 1.82) is 0 Å². The maximum Gasteiger partial charge on any atom is 0.0714 e. The highest BCUT2D eigenvalue weighted by Crippen LogP contribution is 2.59. The minimum atomic E-state index is -0.571. The summed E-state index contributed by atoms with van der Waals surface area (Å²) in [5.41, 5.74) is 21.7. The zero-order valence-electron chi connectivity index (χ0n) is 38.8. The second-order valence-corrected chi connectivity index (χ2v) is 19.6. The van der Waals surface area contributed by atoms with Crippen LogP contribution >= 0.6 is 0 Å². The van der Waals surface area contributed by atoms with Crippen molar-refractivity contribution in [2.24, 2.45) is 11.8 Å². The van der Waals surface area contributed by atoms with Crippen LogP contribution in [0.15, 0.2) is 255 Å². The van der Waals surface area contributed by atoms with E-state index >= 15 is 0 Å². The second-order valence-electron chi connectivity index (χ2n) is 19.6. The normalized spacial score (nSPS) is 17.3. The van der Waals surface area contributed by atoms with E-state index in [1.807, 2.05) is 0 Å². The van der Waals surface area contributed by atoms with Crippen molar-refractivity contribution < 1.29 is 0 Å². The monoisotopic (exact) mass is 883 g/mol. The Morgan fingerprint density at radius 1 is 0.333 bits per heavy atom. The molecule has 330 valence electrons. The number of nitrogens with zero attached hydrogens (tertiary/aromatic N) is 1. The summed E-state index contributed by atoms with van der Waals surface area (Å²) in [5.74, 6) is 2.56. The van der Waals surface area contributed by atoms with E-state index in [2.05, 4.69) is 260 Å². The Morgan fingerprint density at radius 2 is 0.812 bits per heavy atom. The Morgan fingerprint density at radius 3 is 1.36 bits per heavy atom. The van der Waals surface area contributed by atoms with Gasteiger partial charge in [0.15, 0.2) is 0 Å². The lowest BCUT2D eigenvalue weighted by Crippen LogP contribution is -2.28. The largest absolute Gasteiger partial charge is 0.310 e. The zero-order chi connectivity index (χ0) is 45.7. The number of hydrogen-bond donors (Lipinski definition) is 0. The lowest BCUT2D eigenvalue weighted by Gasteiger charge is -2.35. The minimum Gasteiger partial charge on any atom is -0.310 e. The predicted octanol–water partition coefficient (Wildman–Crippen LogP) is 18.1. The van der Waals surface area contributed by atoms with Crippen LogP contribution in [-0.2, 0) is 5.41 Å². The Hall–Kier alpha value is -8.00. The highest BCUT2D eigenvalue weighted by molar-refractivity contribution is 5.97. The molecule has 1 heteroatoms. The summed E-state index contributed by atoms with van der Waals surface area (Å²) in [6.45, 7) is 0. The van der Waals surface area contributed by atoms with Crippen molar-refractivity contribution in [3.8, 4) is 55.6 Å². The van der Waals surface area contributed by atoms with Crippen molar-refractivity contribution in [2.45, 2.75) is 37.0 Å². The molecule has 0 heterocycles. The molecule has 3 unspecified atom stereocenters. The highest BCUT2D eigenvalue weighted by Gasteiger charge is 2.47. The fraction of sp³-hybridized carbons (Fsp3) is 0.118. The number of rotatable bonds is 10. The van der Waals surface area contributed by atoms with Crippen LogP contribution in [0.4, 0.5) is 17.1 Å². The average molecular weight is 884 g/mol. The van der Waals surface area contributed by atoms with Crippen molar-refractivity contribution in [3.05, 3.63) is 283 Å². The van der Waals surface area contributed by atoms with Crippen LogP contribution in [0.1, 0.15) is 59.4 Å². The molecule has 0 saturated heterocycles. The molecule has 0 spiro atoms. The molecule has 1 nitrogen and oxygen atoms in total. The molecule has 0 aliphatic heterocycles. The van der Waals surface area contributed by atoms with Crippen LogP contribution in [0, 0.1) is 11.8 Å². The van der Waals surface area contributed by atoms with Crippen molar-refractivity contribution in [3.63, 3.8) is 0 Å². The Bertz CT molecular complexity index is 3370. The summed E-state index contributed by atoms with van der Waals surface area (Å²) in [6, 6.07) is 94.9. The third kappa shape index (κ3) is 7.07. The van der Waals surface area contributed by atoms with Crippen molar-refractivity contribution in [2.75, 3.05) is 4.90 Å². The third-order valence-corrected chi connectivity index (χ3v) is 15.9. The minimum absolute atomic E-state index is 0.571. The average Bonchev–Trinajstić information content (AvgIpc) is 4.16. The van der Waals surface area contributed by atoms with Gasteiger partial charge in [0.1, 0.15) is 0 Å². The molecule has 3 aliphatic carbocycles. The summed E-state index contributed by atoms with van der Waals surface area (Å²) < 4.78 is 0. The maximum atomic E-state index is 2.49. The predicted molar refractivity (Wildman–Crippen MR) is 288 cm³/mol. The molecule has 10 aromatic rings. The molecule has 10 aromatic carbocycles. The molecule has 0 amide bonds. The number of benzene rings is 10. The lowest BCUT2D eigenvalue weighted by atomic mass is 9.67. The molecule has 2 bridgehead atoms. The van der Waals surface area contributed by atoms with E-state index in [0.29, 0.717) is 0 Å². The van der Waals surface area contributed by atoms with Gasteiger partial charge in [-0.05, 0) is 157 Å². The summed E-state index contributed by atoms with van der Waals surface area (Å²) >= 11 is 0. The Balaban J connectivity index is 0.972. The summed E-state index contributed by atoms with van der Waals surface area (Å²) in [7, 11) is 0. The Kier molecular flexibility index (Phi) is 10.3. The van der Waals surface area contributed by atoms with Gasteiger partial charge in [0.05, 0.1) is 5.41 Å². The van der Waals surface area contributed by atoms with Crippen LogP contribution in [-0.4, -0.2) is 0 Å². The fourth-order valence-corrected chi connectivity index (χ4v) is 12.7. The SMILES string of the molecule is c1ccc(-c2ccccc2-c2ccc(N(c3ccc(-c4ccc(C5CC6CCC5C6)cc4)cc3)c3ccc4c(c3)C(c3ccccc3)(c3ccccc3)c3cccc(-c5ccccc5)c3-4)cc2)cc1. The second kappa shape index (κ2) is 17.3. The van der Waals surface area contributed by atoms with Crippen LogP contribution in [0.2, 0.25) is 0 Å². The number of hydrogen-bond acceptors (Lipinski definition) is 1. The van der Waals surface area contributed by atoms with E-state index in [1.54, 1.807) is 0 Å². The van der Waals surface area contributed by atoms with Crippen molar-refractivity contribution >= 4 is 17.1 Å². The molecule has 3 atom stereocenters. The molecular weight excluding hydrogens is 831 g/mol. The van der Waals surface area contributed by atoms with Gasteiger partial charge in [0, 0.05) is 17.1 Å². The standard InChI is InChI=1S/C68H53N/c1-5-16-50(17-6-1)60-24-13-14-25-61(60)52-36-40-58(41-37-52)69(57-38-34-49(35-39-57)48-30-32-53(33-31-48)64-45-47-28-29-54(64)44-47)59-42-43-63-66(46-59)68(55-20-9-3-10-21-55,56-22-11-4-12-23-56)65-27-15-26-62(67(63)65)51-18-7-2-8-19-51/h1-27,30-43,46-47,54,64H,28-29,44-45H2.